The number of hydrogen-bond acceptors (Lipinski definition) is 2. The van der Waals surface area contributed by atoms with Crippen LogP contribution in [0.3, 0.4) is 0 Å². The molecule has 0 aliphatic carbocycles. The maximum atomic E-state index is 14.2. The van der Waals surface area contributed by atoms with Crippen molar-refractivity contribution in [2.75, 3.05) is 17.3 Å². The Kier molecular flexibility index (Phi) is 4.89. The number of nitrogens with zero attached hydrogens (tertiary/aromatic N) is 2. The Bertz CT molecular complexity index is 589. The fourth-order valence-corrected chi connectivity index (χ4v) is 2.18. The first-order valence-corrected chi connectivity index (χ1v) is 7.42. The minimum atomic E-state index is -0.192. The molecule has 0 atom stereocenters. The summed E-state index contributed by atoms with van der Waals surface area (Å²) in [5.41, 5.74) is 2.63. The van der Waals surface area contributed by atoms with Crippen molar-refractivity contribution in [1.82, 2.24) is 4.57 Å². The second kappa shape index (κ2) is 6.66. The van der Waals surface area contributed by atoms with E-state index in [2.05, 4.69) is 35.3 Å². The van der Waals surface area contributed by atoms with E-state index in [1.54, 1.807) is 6.07 Å². The molecule has 0 unspecified atom stereocenters. The van der Waals surface area contributed by atoms with Gasteiger partial charge < -0.3 is 14.8 Å². The molecule has 1 aromatic heterocycles. The molecule has 4 heteroatoms. The van der Waals surface area contributed by atoms with Crippen LogP contribution in [0.1, 0.15) is 26.3 Å². The van der Waals surface area contributed by atoms with Gasteiger partial charge in [-0.2, -0.15) is 0 Å². The van der Waals surface area contributed by atoms with Gasteiger partial charge in [-0.25, -0.2) is 4.39 Å². The first-order chi connectivity index (χ1) is 10.0. The summed E-state index contributed by atoms with van der Waals surface area (Å²) in [7, 11) is 1.91. The van der Waals surface area contributed by atoms with Crippen LogP contribution < -0.4 is 10.2 Å². The smallest absolute Gasteiger partial charge is 0.148 e. The molecule has 3 nitrogen and oxygen atoms in total. The Morgan fingerprint density at radius 3 is 2.62 bits per heavy atom. The van der Waals surface area contributed by atoms with Crippen LogP contribution in [-0.4, -0.2) is 17.7 Å². The minimum Gasteiger partial charge on any atom is -0.381 e. The van der Waals surface area contributed by atoms with Gasteiger partial charge in [0.25, 0.3) is 0 Å². The molecule has 0 radical (unpaired) electrons. The summed E-state index contributed by atoms with van der Waals surface area (Å²) in [6.07, 6.45) is 4.16. The van der Waals surface area contributed by atoms with Gasteiger partial charge in [-0.3, -0.25) is 0 Å². The average Bonchev–Trinajstić information content (AvgIpc) is 2.92. The van der Waals surface area contributed by atoms with Crippen LogP contribution in [0.5, 0.6) is 0 Å². The van der Waals surface area contributed by atoms with Crippen LogP contribution in [0, 0.1) is 5.82 Å². The molecule has 0 aliphatic heterocycles. The van der Waals surface area contributed by atoms with E-state index in [1.165, 1.54) is 5.56 Å². The SMILES string of the molecule is CCn1ccc(CNc2ccc(N(C)C(C)C)c(F)c2)c1. The molecule has 0 saturated heterocycles. The van der Waals surface area contributed by atoms with Gasteiger partial charge in [0.05, 0.1) is 5.69 Å². The number of aromatic nitrogens is 1. The third kappa shape index (κ3) is 3.78. The van der Waals surface area contributed by atoms with Crippen molar-refractivity contribution in [3.63, 3.8) is 0 Å². The van der Waals surface area contributed by atoms with Gasteiger partial charge in [0, 0.05) is 44.3 Å². The highest BCUT2D eigenvalue weighted by molar-refractivity contribution is 5.56. The predicted molar refractivity (Wildman–Crippen MR) is 87.4 cm³/mol. The standard InChI is InChI=1S/C17H24FN3/c1-5-21-9-8-14(12-21)11-19-15-6-7-17(16(18)10-15)20(4)13(2)3/h6-10,12-13,19H,5,11H2,1-4H3. The fraction of sp³-hybridized carbons (Fsp3) is 0.412. The summed E-state index contributed by atoms with van der Waals surface area (Å²) in [5, 5.41) is 3.26. The fourth-order valence-electron chi connectivity index (χ4n) is 2.18. The van der Waals surface area contributed by atoms with Crippen LogP contribution >= 0.6 is 0 Å². The van der Waals surface area contributed by atoms with E-state index in [0.717, 1.165) is 12.2 Å². The summed E-state index contributed by atoms with van der Waals surface area (Å²) in [6.45, 7) is 7.86. The zero-order valence-electron chi connectivity index (χ0n) is 13.2. The number of anilines is 2. The second-order valence-corrected chi connectivity index (χ2v) is 5.57. The first kappa shape index (κ1) is 15.4. The van der Waals surface area contributed by atoms with Gasteiger partial charge in [0.1, 0.15) is 5.82 Å². The lowest BCUT2D eigenvalue weighted by Gasteiger charge is -2.24. The number of aryl methyl sites for hydroxylation is 1. The Balaban J connectivity index is 2.03. The molecule has 1 heterocycles. The van der Waals surface area contributed by atoms with E-state index in [-0.39, 0.29) is 11.9 Å². The number of halogens is 1. The molecule has 0 aliphatic rings. The molecule has 1 aromatic carbocycles. The van der Waals surface area contributed by atoms with E-state index in [9.17, 15) is 4.39 Å². The van der Waals surface area contributed by atoms with Crippen molar-refractivity contribution in [2.45, 2.75) is 39.9 Å². The zero-order valence-corrected chi connectivity index (χ0v) is 13.2. The van der Waals surface area contributed by atoms with Gasteiger partial charge >= 0.3 is 0 Å². The van der Waals surface area contributed by atoms with E-state index >= 15 is 0 Å². The monoisotopic (exact) mass is 289 g/mol. The minimum absolute atomic E-state index is 0.192. The number of rotatable bonds is 6. The van der Waals surface area contributed by atoms with Gasteiger partial charge in [-0.15, -0.1) is 0 Å². The van der Waals surface area contributed by atoms with Crippen molar-refractivity contribution in [2.24, 2.45) is 0 Å². The van der Waals surface area contributed by atoms with E-state index in [1.807, 2.05) is 37.9 Å². The lowest BCUT2D eigenvalue weighted by atomic mass is 10.2. The van der Waals surface area contributed by atoms with Crippen LogP contribution in [0.4, 0.5) is 15.8 Å². The Morgan fingerprint density at radius 1 is 1.29 bits per heavy atom. The van der Waals surface area contributed by atoms with Crippen LogP contribution in [0.2, 0.25) is 0 Å². The molecule has 0 amide bonds. The van der Waals surface area contributed by atoms with Crippen molar-refractivity contribution < 1.29 is 4.39 Å². The molecule has 21 heavy (non-hydrogen) atoms. The van der Waals surface area contributed by atoms with Gasteiger partial charge in [-0.1, -0.05) is 0 Å². The normalized spacial score (nSPS) is 11.0. The summed E-state index contributed by atoms with van der Waals surface area (Å²) in [6, 6.07) is 7.66. The molecule has 0 saturated carbocycles. The van der Waals surface area contributed by atoms with Crippen LogP contribution in [0.25, 0.3) is 0 Å². The number of nitrogens with one attached hydrogen (secondary N) is 1. The third-order valence-electron chi connectivity index (χ3n) is 3.78. The summed E-state index contributed by atoms with van der Waals surface area (Å²) < 4.78 is 16.3. The summed E-state index contributed by atoms with van der Waals surface area (Å²) >= 11 is 0. The molecule has 0 spiro atoms. The highest BCUT2D eigenvalue weighted by Crippen LogP contribution is 2.23. The van der Waals surface area contributed by atoms with Crippen molar-refractivity contribution in [3.05, 3.63) is 48.0 Å². The average molecular weight is 289 g/mol. The lowest BCUT2D eigenvalue weighted by Crippen LogP contribution is -2.26. The quantitative estimate of drug-likeness (QED) is 0.864. The molecule has 2 rings (SSSR count). The Labute approximate surface area is 126 Å². The maximum Gasteiger partial charge on any atom is 0.148 e. The largest absolute Gasteiger partial charge is 0.381 e. The molecule has 1 N–H and O–H groups in total. The molecule has 0 fully saturated rings. The van der Waals surface area contributed by atoms with Crippen molar-refractivity contribution in [3.8, 4) is 0 Å². The Morgan fingerprint density at radius 2 is 2.05 bits per heavy atom. The highest BCUT2D eigenvalue weighted by Gasteiger charge is 2.10. The first-order valence-electron chi connectivity index (χ1n) is 7.42. The number of benzene rings is 1. The highest BCUT2D eigenvalue weighted by atomic mass is 19.1. The Hall–Kier alpha value is -1.97. The van der Waals surface area contributed by atoms with E-state index in [4.69, 9.17) is 0 Å². The van der Waals surface area contributed by atoms with E-state index in [0.29, 0.717) is 12.2 Å². The summed E-state index contributed by atoms with van der Waals surface area (Å²) in [4.78, 5) is 1.93. The second-order valence-electron chi connectivity index (χ2n) is 5.57. The van der Waals surface area contributed by atoms with Crippen molar-refractivity contribution >= 4 is 11.4 Å². The topological polar surface area (TPSA) is 20.2 Å². The number of hydrogen-bond donors (Lipinski definition) is 1. The summed E-state index contributed by atoms with van der Waals surface area (Å²) in [5.74, 6) is -0.192. The third-order valence-corrected chi connectivity index (χ3v) is 3.78. The van der Waals surface area contributed by atoms with Gasteiger partial charge in [-0.05, 0) is 50.6 Å². The maximum absolute atomic E-state index is 14.2. The molecular formula is C17H24FN3. The van der Waals surface area contributed by atoms with Gasteiger partial charge in [0.15, 0.2) is 0 Å². The van der Waals surface area contributed by atoms with E-state index < -0.39 is 0 Å². The molecular weight excluding hydrogens is 265 g/mol. The zero-order chi connectivity index (χ0) is 15.4. The van der Waals surface area contributed by atoms with Crippen LogP contribution in [-0.2, 0) is 13.1 Å². The molecule has 2 aromatic rings. The predicted octanol–water partition coefficient (Wildman–Crippen LogP) is 4.10. The lowest BCUT2D eigenvalue weighted by molar-refractivity contribution is 0.614. The molecule has 114 valence electrons. The van der Waals surface area contributed by atoms with Crippen LogP contribution in [0.15, 0.2) is 36.7 Å². The molecule has 0 bridgehead atoms. The van der Waals surface area contributed by atoms with Gasteiger partial charge in [0.2, 0.25) is 0 Å². The van der Waals surface area contributed by atoms with Crippen molar-refractivity contribution in [1.29, 1.82) is 0 Å².